The van der Waals surface area contributed by atoms with E-state index in [4.69, 9.17) is 0 Å². The van der Waals surface area contributed by atoms with E-state index in [1.807, 2.05) is 11.0 Å². The van der Waals surface area contributed by atoms with Gasteiger partial charge in [0.15, 0.2) is 0 Å². The monoisotopic (exact) mass is 332 g/mol. The number of H-pyrrole nitrogens is 1. The molecule has 7 nitrogen and oxygen atoms in total. The highest BCUT2D eigenvalue weighted by Gasteiger charge is 2.37. The number of carbonyl (C=O) groups excluding carboxylic acids is 1. The van der Waals surface area contributed by atoms with Gasteiger partial charge in [0.25, 0.3) is 5.91 Å². The van der Waals surface area contributed by atoms with E-state index in [9.17, 15) is 14.7 Å². The molecule has 3 heterocycles. The minimum atomic E-state index is -0.755. The molecule has 130 valence electrons. The van der Waals surface area contributed by atoms with Gasteiger partial charge in [-0.15, -0.1) is 6.58 Å². The van der Waals surface area contributed by atoms with E-state index < -0.39 is 11.9 Å². The Kier molecular flexibility index (Phi) is 5.01. The molecule has 2 N–H and O–H groups in total. The molecule has 1 aromatic heterocycles. The molecule has 24 heavy (non-hydrogen) atoms. The fourth-order valence-corrected chi connectivity index (χ4v) is 3.64. The summed E-state index contributed by atoms with van der Waals surface area (Å²) in [6.07, 6.45) is 3.55. The normalized spacial score (nSPS) is 25.8. The topological polar surface area (TPSA) is 79.9 Å². The number of aliphatic carboxylic acids is 1. The van der Waals surface area contributed by atoms with Gasteiger partial charge >= 0.3 is 5.97 Å². The van der Waals surface area contributed by atoms with Crippen molar-refractivity contribution in [1.82, 2.24) is 19.7 Å². The number of piperazine rings is 1. The molecule has 1 amide bonds. The fourth-order valence-electron chi connectivity index (χ4n) is 3.64. The van der Waals surface area contributed by atoms with Crippen LogP contribution in [0.4, 0.5) is 0 Å². The molecule has 0 spiro atoms. The van der Waals surface area contributed by atoms with Crippen molar-refractivity contribution in [3.05, 3.63) is 36.7 Å². The molecule has 3 rings (SSSR count). The van der Waals surface area contributed by atoms with Crippen molar-refractivity contribution in [3.63, 3.8) is 0 Å². The summed E-state index contributed by atoms with van der Waals surface area (Å²) in [7, 11) is 0. The van der Waals surface area contributed by atoms with E-state index in [1.54, 1.807) is 18.3 Å². The molecule has 0 aliphatic carbocycles. The van der Waals surface area contributed by atoms with Crippen LogP contribution >= 0.6 is 0 Å². The number of nitrogens with one attached hydrogen (secondary N) is 1. The van der Waals surface area contributed by atoms with Gasteiger partial charge < -0.3 is 15.0 Å². The first kappa shape index (κ1) is 16.7. The van der Waals surface area contributed by atoms with Crippen LogP contribution in [0.25, 0.3) is 0 Å². The Morgan fingerprint density at radius 2 is 2.12 bits per heavy atom. The second-order valence-corrected chi connectivity index (χ2v) is 6.53. The van der Waals surface area contributed by atoms with Gasteiger partial charge in [0, 0.05) is 58.1 Å². The van der Waals surface area contributed by atoms with Crippen LogP contribution in [0.3, 0.4) is 0 Å². The summed E-state index contributed by atoms with van der Waals surface area (Å²) in [6, 6.07) is 3.76. The molecule has 0 saturated carbocycles. The largest absolute Gasteiger partial charge is 0.481 e. The molecule has 2 unspecified atom stereocenters. The molecule has 2 aliphatic rings. The molecule has 1 aromatic rings. The Hall–Kier alpha value is -2.12. The molecule has 2 atom stereocenters. The summed E-state index contributed by atoms with van der Waals surface area (Å²) in [5.41, 5.74) is 0.600. The van der Waals surface area contributed by atoms with Gasteiger partial charge in [-0.2, -0.15) is 0 Å². The average Bonchev–Trinajstić information content (AvgIpc) is 3.02. The molecule has 0 radical (unpaired) electrons. The zero-order valence-corrected chi connectivity index (χ0v) is 13.7. The first-order valence-corrected chi connectivity index (χ1v) is 8.31. The molecule has 7 heteroatoms. The summed E-state index contributed by atoms with van der Waals surface area (Å²) in [6.45, 7) is 8.21. The Balaban J connectivity index is 1.72. The number of nitrogens with zero attached hydrogens (tertiary/aromatic N) is 3. The van der Waals surface area contributed by atoms with Gasteiger partial charge in [0.2, 0.25) is 0 Å². The lowest BCUT2D eigenvalue weighted by Crippen LogP contribution is -2.57. The highest BCUT2D eigenvalue weighted by molar-refractivity contribution is 5.92. The van der Waals surface area contributed by atoms with Crippen molar-refractivity contribution in [2.24, 2.45) is 5.92 Å². The first-order chi connectivity index (χ1) is 11.6. The number of rotatable bonds is 4. The van der Waals surface area contributed by atoms with Crippen molar-refractivity contribution < 1.29 is 14.7 Å². The maximum atomic E-state index is 12.6. The second kappa shape index (κ2) is 7.19. The van der Waals surface area contributed by atoms with Crippen LogP contribution < -0.4 is 0 Å². The van der Waals surface area contributed by atoms with E-state index in [2.05, 4.69) is 21.4 Å². The van der Waals surface area contributed by atoms with Crippen LogP contribution in [-0.4, -0.2) is 88.5 Å². The molecular formula is C17H24N4O3. The van der Waals surface area contributed by atoms with E-state index >= 15 is 0 Å². The lowest BCUT2D eigenvalue weighted by atomic mass is 10.1. The average molecular weight is 332 g/mol. The van der Waals surface area contributed by atoms with E-state index in [1.165, 1.54) is 0 Å². The zero-order valence-electron chi connectivity index (χ0n) is 13.7. The molecule has 2 fully saturated rings. The van der Waals surface area contributed by atoms with Crippen LogP contribution in [0.15, 0.2) is 31.0 Å². The quantitative estimate of drug-likeness (QED) is 0.778. The van der Waals surface area contributed by atoms with Crippen LogP contribution in [0, 0.1) is 5.92 Å². The Morgan fingerprint density at radius 3 is 2.79 bits per heavy atom. The summed E-state index contributed by atoms with van der Waals surface area (Å²) < 4.78 is 0. The van der Waals surface area contributed by atoms with Crippen molar-refractivity contribution >= 4 is 11.9 Å². The third kappa shape index (κ3) is 3.52. The lowest BCUT2D eigenvalue weighted by Gasteiger charge is -2.41. The molecule has 0 bridgehead atoms. The zero-order chi connectivity index (χ0) is 17.1. The van der Waals surface area contributed by atoms with Gasteiger partial charge in [-0.05, 0) is 12.1 Å². The van der Waals surface area contributed by atoms with E-state index in [-0.39, 0.29) is 11.9 Å². The maximum Gasteiger partial charge on any atom is 0.309 e. The Bertz CT molecular complexity index is 601. The predicted molar refractivity (Wildman–Crippen MR) is 89.8 cm³/mol. The maximum absolute atomic E-state index is 12.6. The summed E-state index contributed by atoms with van der Waals surface area (Å²) in [5, 5.41) is 9.46. The second-order valence-electron chi connectivity index (χ2n) is 6.53. The first-order valence-electron chi connectivity index (χ1n) is 8.31. The van der Waals surface area contributed by atoms with Crippen molar-refractivity contribution in [2.45, 2.75) is 6.04 Å². The Labute approximate surface area is 141 Å². The predicted octanol–water partition coefficient (Wildman–Crippen LogP) is 0.344. The van der Waals surface area contributed by atoms with Crippen molar-refractivity contribution in [1.29, 1.82) is 0 Å². The van der Waals surface area contributed by atoms with Crippen LogP contribution in [-0.2, 0) is 4.79 Å². The van der Waals surface area contributed by atoms with E-state index in [0.29, 0.717) is 45.0 Å². The number of hydrogen-bond acceptors (Lipinski definition) is 4. The highest BCUT2D eigenvalue weighted by atomic mass is 16.4. The van der Waals surface area contributed by atoms with Gasteiger partial charge in [0.1, 0.15) is 5.69 Å². The number of amides is 1. The molecule has 2 aliphatic heterocycles. The van der Waals surface area contributed by atoms with Crippen LogP contribution in [0.2, 0.25) is 0 Å². The van der Waals surface area contributed by atoms with Gasteiger partial charge in [-0.1, -0.05) is 6.08 Å². The summed E-state index contributed by atoms with van der Waals surface area (Å²) >= 11 is 0. The smallest absolute Gasteiger partial charge is 0.309 e. The summed E-state index contributed by atoms with van der Waals surface area (Å²) in [4.78, 5) is 33.2. The molecule has 0 aromatic carbocycles. The molecule has 2 saturated heterocycles. The van der Waals surface area contributed by atoms with Crippen molar-refractivity contribution in [2.75, 3.05) is 45.8 Å². The van der Waals surface area contributed by atoms with Crippen LogP contribution in [0.5, 0.6) is 0 Å². The van der Waals surface area contributed by atoms with Crippen LogP contribution in [0.1, 0.15) is 10.5 Å². The Morgan fingerprint density at radius 1 is 1.29 bits per heavy atom. The number of aromatic amines is 1. The third-order valence-electron chi connectivity index (χ3n) is 4.86. The highest BCUT2D eigenvalue weighted by Crippen LogP contribution is 2.20. The number of hydrogen-bond donors (Lipinski definition) is 2. The van der Waals surface area contributed by atoms with Crippen molar-refractivity contribution in [3.8, 4) is 0 Å². The number of carboxylic acid groups (broad SMARTS) is 1. The standard InChI is InChI=1S/C17H24N4O3/c1-2-6-19-9-13(17(23)24)10-20-7-8-21(12-14(20)11-19)16(22)15-4-3-5-18-15/h2-5,13-14,18H,1,6-12H2,(H,23,24). The number of aromatic nitrogens is 1. The number of carbonyl (C=O) groups is 2. The molecular weight excluding hydrogens is 308 g/mol. The van der Waals surface area contributed by atoms with E-state index in [0.717, 1.165) is 6.54 Å². The third-order valence-corrected chi connectivity index (χ3v) is 4.86. The SMILES string of the molecule is C=CCN1CC(C(=O)O)CN2CCN(C(=O)c3ccc[nH]3)CC2C1. The summed E-state index contributed by atoms with van der Waals surface area (Å²) in [5.74, 6) is -1.15. The number of fused-ring (bicyclic) bond motifs is 1. The van der Waals surface area contributed by atoms with Gasteiger partial charge in [0.05, 0.1) is 5.92 Å². The lowest BCUT2D eigenvalue weighted by molar-refractivity contribution is -0.142. The van der Waals surface area contributed by atoms with Gasteiger partial charge in [-0.3, -0.25) is 19.4 Å². The minimum Gasteiger partial charge on any atom is -0.481 e. The minimum absolute atomic E-state index is 0.00829. The van der Waals surface area contributed by atoms with Gasteiger partial charge in [-0.25, -0.2) is 0 Å². The fraction of sp³-hybridized carbons (Fsp3) is 0.529. The number of carboxylic acids is 1.